The molecule has 3 N–H and O–H groups in total. The number of carbonyl (C=O) groups is 1. The van der Waals surface area contributed by atoms with Crippen LogP contribution >= 0.6 is 7.82 Å². The van der Waals surface area contributed by atoms with Crippen molar-refractivity contribution in [2.24, 2.45) is 0 Å². The van der Waals surface area contributed by atoms with Crippen molar-refractivity contribution in [3.05, 3.63) is 48.6 Å². The van der Waals surface area contributed by atoms with Gasteiger partial charge in [-0.25, -0.2) is 4.57 Å². The number of carbonyl (C=O) groups excluding carboxylic acids is 1. The minimum atomic E-state index is -4.34. The molecule has 0 spiro atoms. The molecule has 1 amide bonds. The molecular weight excluding hydrogens is 647 g/mol. The first kappa shape index (κ1) is 48.5. The summed E-state index contributed by atoms with van der Waals surface area (Å²) in [5.41, 5.74) is 0. The molecule has 50 heavy (non-hydrogen) atoms. The zero-order valence-corrected chi connectivity index (χ0v) is 33.8. The van der Waals surface area contributed by atoms with Gasteiger partial charge in [-0.15, -0.1) is 0 Å². The Hall–Kier alpha value is -1.54. The predicted octanol–water partition coefficient (Wildman–Crippen LogP) is 10.5. The molecule has 292 valence electrons. The third kappa shape index (κ3) is 34.9. The molecule has 3 atom stereocenters. The molecule has 3 unspecified atom stereocenters. The normalized spacial score (nSPS) is 15.1. The topological polar surface area (TPSA) is 105 Å². The summed E-state index contributed by atoms with van der Waals surface area (Å²) in [5.74, 6) is -0.197. The lowest BCUT2D eigenvalue weighted by molar-refractivity contribution is -0.870. The number of hydrogen-bond donors (Lipinski definition) is 3. The summed E-state index contributed by atoms with van der Waals surface area (Å²) in [5, 5.41) is 13.7. The molecule has 0 radical (unpaired) electrons. The van der Waals surface area contributed by atoms with Gasteiger partial charge in [0.15, 0.2) is 0 Å². The summed E-state index contributed by atoms with van der Waals surface area (Å²) < 4.78 is 23.4. The summed E-state index contributed by atoms with van der Waals surface area (Å²) in [7, 11) is 1.54. The van der Waals surface area contributed by atoms with E-state index in [1.54, 1.807) is 6.08 Å². The van der Waals surface area contributed by atoms with Crippen LogP contribution in [0, 0.1) is 0 Å². The van der Waals surface area contributed by atoms with E-state index >= 15 is 0 Å². The first-order valence-electron chi connectivity index (χ1n) is 20.0. The number of phosphoric acid groups is 1. The smallest absolute Gasteiger partial charge is 0.387 e. The summed E-state index contributed by atoms with van der Waals surface area (Å²) in [6.07, 6.45) is 40.4. The number of phosphoric ester groups is 1. The van der Waals surface area contributed by atoms with E-state index < -0.39 is 20.0 Å². The monoisotopic (exact) mass is 726 g/mol. The first-order chi connectivity index (χ1) is 24.0. The van der Waals surface area contributed by atoms with E-state index in [1.165, 1.54) is 89.9 Å². The lowest BCUT2D eigenvalue weighted by Crippen LogP contribution is -2.45. The SMILES string of the molecule is CCCCC/C=C\C/C=C\CCCCCCCCCCCC(=O)NC(COP(=O)(O)OCC[N+](C)(C)C)C(O)/C=C/CC/C=C/CCCCC. The van der Waals surface area contributed by atoms with E-state index in [0.717, 1.165) is 44.9 Å². The van der Waals surface area contributed by atoms with Crippen molar-refractivity contribution in [2.45, 2.75) is 167 Å². The Kier molecular flexibility index (Phi) is 32.3. The van der Waals surface area contributed by atoms with Crippen molar-refractivity contribution in [3.63, 3.8) is 0 Å². The second-order valence-electron chi connectivity index (χ2n) is 14.6. The van der Waals surface area contributed by atoms with Gasteiger partial charge in [0, 0.05) is 6.42 Å². The molecule has 0 saturated carbocycles. The van der Waals surface area contributed by atoms with Crippen LogP contribution in [-0.4, -0.2) is 73.4 Å². The molecule has 0 aliphatic carbocycles. The number of hydrogen-bond acceptors (Lipinski definition) is 5. The van der Waals surface area contributed by atoms with Gasteiger partial charge >= 0.3 is 7.82 Å². The van der Waals surface area contributed by atoms with Gasteiger partial charge in [-0.05, 0) is 64.2 Å². The van der Waals surface area contributed by atoms with Gasteiger partial charge in [-0.1, -0.05) is 133 Å². The van der Waals surface area contributed by atoms with Crippen LogP contribution in [0.5, 0.6) is 0 Å². The molecule has 0 rings (SSSR count). The number of nitrogens with one attached hydrogen (secondary N) is 1. The third-order valence-electron chi connectivity index (χ3n) is 8.52. The van der Waals surface area contributed by atoms with E-state index in [9.17, 15) is 19.4 Å². The maximum atomic E-state index is 12.8. The van der Waals surface area contributed by atoms with Crippen LogP contribution in [0.15, 0.2) is 48.6 Å². The number of likely N-dealkylation sites (N-methyl/N-ethyl adjacent to an activating group) is 1. The van der Waals surface area contributed by atoms with E-state index in [1.807, 2.05) is 27.2 Å². The standard InChI is InChI=1S/C41H77N2O6P/c1-6-8-10-12-14-16-17-18-19-20-21-22-23-24-25-27-29-31-33-35-41(45)42-39(38-49-50(46,47)48-37-36-43(3,4)5)40(44)34-32-30-28-26-15-13-11-9-7-2/h14-16,18-19,26,32,34,39-40,44H,6-13,17,20-25,27-31,33,35-38H2,1-5H3,(H-,42,45,46,47)/p+1/b16-14-,19-18-,26-15+,34-32+. The second kappa shape index (κ2) is 33.3. The Morgan fingerprint density at radius 1 is 0.680 bits per heavy atom. The Labute approximate surface area is 308 Å². The highest BCUT2D eigenvalue weighted by atomic mass is 31.2. The zero-order chi connectivity index (χ0) is 37.2. The minimum Gasteiger partial charge on any atom is -0.387 e. The van der Waals surface area contributed by atoms with Gasteiger partial charge in [0.05, 0.1) is 39.9 Å². The van der Waals surface area contributed by atoms with Gasteiger partial charge in [0.2, 0.25) is 5.91 Å². The zero-order valence-electron chi connectivity index (χ0n) is 32.9. The molecule has 0 bridgehead atoms. The van der Waals surface area contributed by atoms with Crippen LogP contribution in [0.2, 0.25) is 0 Å². The molecule has 0 aromatic carbocycles. The fourth-order valence-corrected chi connectivity index (χ4v) is 6.00. The molecule has 0 aromatic rings. The van der Waals surface area contributed by atoms with E-state index in [0.29, 0.717) is 17.4 Å². The highest BCUT2D eigenvalue weighted by Gasteiger charge is 2.27. The van der Waals surface area contributed by atoms with Crippen LogP contribution in [0.3, 0.4) is 0 Å². The largest absolute Gasteiger partial charge is 0.472 e. The molecule has 9 heteroatoms. The van der Waals surface area contributed by atoms with Crippen molar-refractivity contribution in [3.8, 4) is 0 Å². The minimum absolute atomic E-state index is 0.0535. The average Bonchev–Trinajstić information content (AvgIpc) is 3.06. The van der Waals surface area contributed by atoms with Gasteiger partial charge in [0.1, 0.15) is 13.2 Å². The van der Waals surface area contributed by atoms with Crippen molar-refractivity contribution in [1.82, 2.24) is 5.32 Å². The number of aliphatic hydroxyl groups excluding tert-OH is 1. The van der Waals surface area contributed by atoms with Gasteiger partial charge < -0.3 is 19.8 Å². The highest BCUT2D eigenvalue weighted by Crippen LogP contribution is 2.43. The number of amides is 1. The van der Waals surface area contributed by atoms with Crippen LogP contribution in [0.4, 0.5) is 0 Å². The number of unbranched alkanes of at least 4 members (excludes halogenated alkanes) is 16. The molecule has 0 aliphatic heterocycles. The summed E-state index contributed by atoms with van der Waals surface area (Å²) >= 11 is 0. The average molecular weight is 726 g/mol. The van der Waals surface area contributed by atoms with E-state index in [4.69, 9.17) is 9.05 Å². The van der Waals surface area contributed by atoms with Gasteiger partial charge in [-0.3, -0.25) is 13.8 Å². The van der Waals surface area contributed by atoms with E-state index in [-0.39, 0.29) is 19.1 Å². The predicted molar refractivity (Wildman–Crippen MR) is 212 cm³/mol. The Morgan fingerprint density at radius 2 is 1.16 bits per heavy atom. The van der Waals surface area contributed by atoms with Crippen molar-refractivity contribution < 1.29 is 32.9 Å². The van der Waals surface area contributed by atoms with Gasteiger partial charge in [-0.2, -0.15) is 0 Å². The Morgan fingerprint density at radius 3 is 1.72 bits per heavy atom. The molecule has 0 aliphatic rings. The molecule has 0 aromatic heterocycles. The lowest BCUT2D eigenvalue weighted by atomic mass is 10.1. The molecule has 0 saturated heterocycles. The number of aliphatic hydroxyl groups is 1. The van der Waals surface area contributed by atoms with Crippen LogP contribution < -0.4 is 5.32 Å². The summed E-state index contributed by atoms with van der Waals surface area (Å²) in [6.45, 7) is 4.69. The lowest BCUT2D eigenvalue weighted by Gasteiger charge is -2.25. The Balaban J connectivity index is 4.40. The van der Waals surface area contributed by atoms with E-state index in [2.05, 4.69) is 55.6 Å². The van der Waals surface area contributed by atoms with Crippen molar-refractivity contribution in [2.75, 3.05) is 40.9 Å². The Bertz CT molecular complexity index is 959. The molecular formula is C41H78N2O6P+. The second-order valence-corrected chi connectivity index (χ2v) is 16.1. The third-order valence-corrected chi connectivity index (χ3v) is 9.51. The number of nitrogens with zero attached hydrogens (tertiary/aromatic N) is 1. The summed E-state index contributed by atoms with van der Waals surface area (Å²) in [6, 6.07) is -0.863. The number of quaternary nitrogens is 1. The maximum absolute atomic E-state index is 12.8. The molecule has 8 nitrogen and oxygen atoms in total. The fraction of sp³-hybridized carbons (Fsp3) is 0.780. The quantitative estimate of drug-likeness (QED) is 0.0260. The fourth-order valence-electron chi connectivity index (χ4n) is 5.26. The highest BCUT2D eigenvalue weighted by molar-refractivity contribution is 7.47. The van der Waals surface area contributed by atoms with Crippen LogP contribution in [-0.2, 0) is 18.4 Å². The number of allylic oxidation sites excluding steroid dienone is 7. The first-order valence-corrected chi connectivity index (χ1v) is 21.5. The molecule has 0 fully saturated rings. The number of rotatable bonds is 35. The molecule has 0 heterocycles. The van der Waals surface area contributed by atoms with Crippen LogP contribution in [0.25, 0.3) is 0 Å². The van der Waals surface area contributed by atoms with Crippen LogP contribution in [0.1, 0.15) is 155 Å². The van der Waals surface area contributed by atoms with Crippen molar-refractivity contribution in [1.29, 1.82) is 0 Å². The summed E-state index contributed by atoms with van der Waals surface area (Å²) in [4.78, 5) is 23.0. The van der Waals surface area contributed by atoms with Crippen molar-refractivity contribution >= 4 is 13.7 Å². The maximum Gasteiger partial charge on any atom is 0.472 e. The van der Waals surface area contributed by atoms with Gasteiger partial charge in [0.25, 0.3) is 0 Å².